The zero-order chi connectivity index (χ0) is 20.9. The molecule has 2 unspecified atom stereocenters. The predicted octanol–water partition coefficient (Wildman–Crippen LogP) is 4.14. The summed E-state index contributed by atoms with van der Waals surface area (Å²) in [5, 5.41) is 21.2. The summed E-state index contributed by atoms with van der Waals surface area (Å²) in [6, 6.07) is 15.8. The van der Waals surface area contributed by atoms with E-state index in [1.54, 1.807) is 6.20 Å². The van der Waals surface area contributed by atoms with Crippen LogP contribution >= 0.6 is 0 Å². The van der Waals surface area contributed by atoms with Gasteiger partial charge in [0.25, 0.3) is 0 Å². The second-order valence-corrected chi connectivity index (χ2v) is 8.85. The van der Waals surface area contributed by atoms with Crippen molar-refractivity contribution >= 4 is 21.9 Å². The van der Waals surface area contributed by atoms with E-state index in [1.165, 1.54) is 18.4 Å². The van der Waals surface area contributed by atoms with Gasteiger partial charge in [-0.2, -0.15) is 5.26 Å². The molecule has 6 heteroatoms. The highest BCUT2D eigenvalue weighted by Gasteiger charge is 2.39. The van der Waals surface area contributed by atoms with E-state index in [4.69, 9.17) is 0 Å². The topological polar surface area (TPSA) is 88.8 Å². The molecule has 0 radical (unpaired) electrons. The zero-order valence-electron chi connectivity index (χ0n) is 17.1. The van der Waals surface area contributed by atoms with Crippen molar-refractivity contribution in [3.8, 4) is 17.2 Å². The molecule has 0 amide bonds. The van der Waals surface area contributed by atoms with Crippen LogP contribution in [0.1, 0.15) is 36.9 Å². The third kappa shape index (κ3) is 3.18. The van der Waals surface area contributed by atoms with Gasteiger partial charge in [-0.3, -0.25) is 4.90 Å². The Balaban J connectivity index is 1.29. The van der Waals surface area contributed by atoms with Gasteiger partial charge in [-0.25, -0.2) is 9.97 Å². The molecule has 154 valence electrons. The first-order chi connectivity index (χ1) is 15.2. The van der Waals surface area contributed by atoms with E-state index in [0.717, 1.165) is 52.4 Å². The number of hydrogen-bond donors (Lipinski definition) is 2. The molecular weight excluding hydrogens is 386 g/mol. The van der Waals surface area contributed by atoms with Gasteiger partial charge in [0.2, 0.25) is 0 Å². The molecule has 6 rings (SSSR count). The fraction of sp³-hybridized carbons (Fsp3) is 0.320. The minimum atomic E-state index is -0.122. The molecule has 31 heavy (non-hydrogen) atoms. The largest absolute Gasteiger partial charge is 0.393 e. The van der Waals surface area contributed by atoms with E-state index in [2.05, 4.69) is 56.3 Å². The third-order valence-electron chi connectivity index (χ3n) is 6.96. The molecule has 2 fully saturated rings. The molecule has 1 aromatic carbocycles. The van der Waals surface area contributed by atoms with E-state index < -0.39 is 0 Å². The Morgan fingerprint density at radius 2 is 1.77 bits per heavy atom. The molecule has 0 saturated carbocycles. The minimum Gasteiger partial charge on any atom is -0.393 e. The lowest BCUT2D eigenvalue weighted by atomic mass is 9.98. The normalized spacial score (nSPS) is 23.4. The minimum absolute atomic E-state index is 0.122. The fourth-order valence-corrected chi connectivity index (χ4v) is 5.41. The standard InChI is InChI=1S/C25H23N5O/c26-11-18-8-22-23-7-17(12-28-25(23)29-24(22)13-27-18)16-3-1-15(2-4-16)14-30-19-5-6-20(30)10-21(31)9-19/h1-4,7-8,12-13,19-21,31H,5-6,9-10,14H2,(H,28,29). The summed E-state index contributed by atoms with van der Waals surface area (Å²) in [5.41, 5.74) is 5.58. The number of piperidine rings is 1. The van der Waals surface area contributed by atoms with Crippen LogP contribution in [-0.4, -0.2) is 43.1 Å². The number of H-pyrrole nitrogens is 1. The van der Waals surface area contributed by atoms with E-state index in [9.17, 15) is 10.4 Å². The Morgan fingerprint density at radius 3 is 2.52 bits per heavy atom. The van der Waals surface area contributed by atoms with Gasteiger partial charge >= 0.3 is 0 Å². The lowest BCUT2D eigenvalue weighted by Gasteiger charge is -2.37. The van der Waals surface area contributed by atoms with Crippen molar-refractivity contribution < 1.29 is 5.11 Å². The quantitative estimate of drug-likeness (QED) is 0.531. The molecule has 6 nitrogen and oxygen atoms in total. The molecule has 2 saturated heterocycles. The number of aliphatic hydroxyl groups excluding tert-OH is 1. The van der Waals surface area contributed by atoms with E-state index >= 15 is 0 Å². The van der Waals surface area contributed by atoms with Crippen LogP contribution in [0.25, 0.3) is 33.1 Å². The lowest BCUT2D eigenvalue weighted by molar-refractivity contribution is 0.0310. The van der Waals surface area contributed by atoms with Crippen LogP contribution in [0, 0.1) is 11.3 Å². The number of fused-ring (bicyclic) bond motifs is 5. The van der Waals surface area contributed by atoms with Gasteiger partial charge < -0.3 is 10.1 Å². The van der Waals surface area contributed by atoms with Crippen molar-refractivity contribution in [1.29, 1.82) is 5.26 Å². The van der Waals surface area contributed by atoms with Crippen molar-refractivity contribution in [2.75, 3.05) is 0 Å². The molecule has 4 aromatic rings. The number of nitriles is 1. The van der Waals surface area contributed by atoms with Crippen LogP contribution in [-0.2, 0) is 6.54 Å². The van der Waals surface area contributed by atoms with Crippen molar-refractivity contribution in [1.82, 2.24) is 19.9 Å². The number of nitrogens with zero attached hydrogens (tertiary/aromatic N) is 4. The van der Waals surface area contributed by atoms with E-state index in [1.807, 2.05) is 12.3 Å². The highest BCUT2D eigenvalue weighted by molar-refractivity contribution is 6.06. The number of nitrogens with one attached hydrogen (secondary N) is 1. The average molecular weight is 409 g/mol. The maximum absolute atomic E-state index is 10.0. The Hall–Kier alpha value is -3.27. The highest BCUT2D eigenvalue weighted by atomic mass is 16.3. The van der Waals surface area contributed by atoms with Gasteiger partial charge in [0.1, 0.15) is 17.4 Å². The first-order valence-electron chi connectivity index (χ1n) is 10.9. The van der Waals surface area contributed by atoms with E-state index in [-0.39, 0.29) is 6.10 Å². The Kier molecular flexibility index (Phi) is 4.27. The zero-order valence-corrected chi connectivity index (χ0v) is 17.1. The summed E-state index contributed by atoms with van der Waals surface area (Å²) in [4.78, 5) is 14.6. The van der Waals surface area contributed by atoms with Crippen LogP contribution in [0.4, 0.5) is 0 Å². The molecule has 2 bridgehead atoms. The molecule has 2 atom stereocenters. The van der Waals surface area contributed by atoms with Crippen molar-refractivity contribution in [3.05, 3.63) is 60.0 Å². The maximum atomic E-state index is 10.0. The van der Waals surface area contributed by atoms with Crippen molar-refractivity contribution in [2.24, 2.45) is 0 Å². The van der Waals surface area contributed by atoms with Crippen LogP contribution in [0.2, 0.25) is 0 Å². The van der Waals surface area contributed by atoms with Crippen molar-refractivity contribution in [2.45, 2.75) is 50.4 Å². The van der Waals surface area contributed by atoms with Crippen LogP contribution in [0.15, 0.2) is 48.8 Å². The van der Waals surface area contributed by atoms with Gasteiger partial charge in [-0.05, 0) is 48.9 Å². The van der Waals surface area contributed by atoms with Gasteiger partial charge in [0, 0.05) is 41.2 Å². The van der Waals surface area contributed by atoms with Crippen LogP contribution < -0.4 is 0 Å². The Bertz CT molecular complexity index is 1310. The Morgan fingerprint density at radius 1 is 1.00 bits per heavy atom. The molecule has 2 aliphatic heterocycles. The summed E-state index contributed by atoms with van der Waals surface area (Å²) in [6.07, 6.45) is 7.69. The molecule has 2 N–H and O–H groups in total. The lowest BCUT2D eigenvalue weighted by Crippen LogP contribution is -2.44. The number of hydrogen-bond acceptors (Lipinski definition) is 5. The summed E-state index contributed by atoms with van der Waals surface area (Å²) in [7, 11) is 0. The van der Waals surface area contributed by atoms with Crippen LogP contribution in [0.3, 0.4) is 0 Å². The number of pyridine rings is 2. The average Bonchev–Trinajstić information content (AvgIpc) is 3.27. The number of benzene rings is 1. The predicted molar refractivity (Wildman–Crippen MR) is 119 cm³/mol. The molecular formula is C25H23N5O. The molecule has 3 aromatic heterocycles. The SMILES string of the molecule is N#Cc1cc2c(cn1)[nH]c1ncc(-c3ccc(CN4C5CCC4CC(O)C5)cc3)cc12. The van der Waals surface area contributed by atoms with E-state index in [0.29, 0.717) is 17.8 Å². The van der Waals surface area contributed by atoms with Gasteiger partial charge in [-0.15, -0.1) is 0 Å². The van der Waals surface area contributed by atoms with Crippen LogP contribution in [0.5, 0.6) is 0 Å². The Labute approximate surface area is 180 Å². The molecule has 0 spiro atoms. The third-order valence-corrected chi connectivity index (χ3v) is 6.96. The fourth-order valence-electron chi connectivity index (χ4n) is 5.41. The monoisotopic (exact) mass is 409 g/mol. The van der Waals surface area contributed by atoms with Gasteiger partial charge in [-0.1, -0.05) is 24.3 Å². The number of rotatable bonds is 3. The maximum Gasteiger partial charge on any atom is 0.141 e. The van der Waals surface area contributed by atoms with Gasteiger partial charge in [0.05, 0.1) is 17.8 Å². The highest BCUT2D eigenvalue weighted by Crippen LogP contribution is 2.37. The summed E-state index contributed by atoms with van der Waals surface area (Å²) < 4.78 is 0. The first-order valence-corrected chi connectivity index (χ1v) is 10.9. The summed E-state index contributed by atoms with van der Waals surface area (Å²) in [5.74, 6) is 0. The second-order valence-electron chi connectivity index (χ2n) is 8.85. The molecule has 2 aliphatic rings. The summed E-state index contributed by atoms with van der Waals surface area (Å²) >= 11 is 0. The number of aromatic nitrogens is 3. The molecule has 5 heterocycles. The smallest absolute Gasteiger partial charge is 0.141 e. The first kappa shape index (κ1) is 18.5. The number of aliphatic hydroxyl groups is 1. The van der Waals surface area contributed by atoms with Crippen molar-refractivity contribution in [3.63, 3.8) is 0 Å². The second kappa shape index (κ2) is 7.16. The molecule has 0 aliphatic carbocycles. The summed E-state index contributed by atoms with van der Waals surface area (Å²) in [6.45, 7) is 0.950. The van der Waals surface area contributed by atoms with Gasteiger partial charge in [0.15, 0.2) is 0 Å². The number of aromatic amines is 1.